The first-order chi connectivity index (χ1) is 8.52. The maximum atomic E-state index is 5.60. The van der Waals surface area contributed by atoms with E-state index in [4.69, 9.17) is 6.42 Å². The van der Waals surface area contributed by atoms with E-state index in [0.29, 0.717) is 0 Å². The van der Waals surface area contributed by atoms with Crippen LogP contribution in [0.15, 0.2) is 48.5 Å². The predicted molar refractivity (Wildman–Crippen MR) is 78.5 cm³/mol. The van der Waals surface area contributed by atoms with E-state index in [1.54, 1.807) is 0 Å². The van der Waals surface area contributed by atoms with E-state index < -0.39 is 0 Å². The lowest BCUT2D eigenvalue weighted by atomic mass is 9.84. The fourth-order valence-corrected chi connectivity index (χ4v) is 1.99. The normalized spacial score (nSPS) is 11.0. The van der Waals surface area contributed by atoms with Gasteiger partial charge in [0.25, 0.3) is 0 Å². The number of rotatable bonds is 1. The van der Waals surface area contributed by atoms with E-state index in [1.165, 1.54) is 11.1 Å². The summed E-state index contributed by atoms with van der Waals surface area (Å²) >= 11 is 0. The summed E-state index contributed by atoms with van der Waals surface area (Å²) in [6, 6.07) is 16.7. The van der Waals surface area contributed by atoms with E-state index in [9.17, 15) is 0 Å². The third kappa shape index (κ3) is 2.46. The Morgan fingerprint density at radius 2 is 1.61 bits per heavy atom. The summed E-state index contributed by atoms with van der Waals surface area (Å²) in [5.74, 6) is 2.77. The summed E-state index contributed by atoms with van der Waals surface area (Å²) in [6.07, 6.45) is 5.60. The molecule has 90 valence electrons. The van der Waals surface area contributed by atoms with Crippen LogP contribution < -0.4 is 0 Å². The fraction of sp³-hybridized carbons (Fsp3) is 0.222. The Labute approximate surface area is 110 Å². The highest BCUT2D eigenvalue weighted by Gasteiger charge is 2.15. The van der Waals surface area contributed by atoms with E-state index >= 15 is 0 Å². The minimum Gasteiger partial charge on any atom is -0.115 e. The summed E-state index contributed by atoms with van der Waals surface area (Å²) in [5, 5.41) is 0. The first kappa shape index (κ1) is 12.5. The second-order valence-corrected chi connectivity index (χ2v) is 5.52. The molecule has 18 heavy (non-hydrogen) atoms. The van der Waals surface area contributed by atoms with Crippen molar-refractivity contribution in [3.8, 4) is 23.5 Å². The van der Waals surface area contributed by atoms with E-state index in [0.717, 1.165) is 11.1 Å². The van der Waals surface area contributed by atoms with Gasteiger partial charge in [0.05, 0.1) is 0 Å². The Balaban J connectivity index is 2.62. The van der Waals surface area contributed by atoms with Crippen LogP contribution in [-0.4, -0.2) is 0 Å². The molecule has 0 aliphatic carbocycles. The zero-order chi connectivity index (χ0) is 13.2. The Bertz CT molecular complexity index is 578. The van der Waals surface area contributed by atoms with Gasteiger partial charge in [-0.15, -0.1) is 6.42 Å². The summed E-state index contributed by atoms with van der Waals surface area (Å²) in [4.78, 5) is 0. The molecule has 0 spiro atoms. The molecule has 0 saturated heterocycles. The molecule has 0 saturated carbocycles. The van der Waals surface area contributed by atoms with Crippen molar-refractivity contribution in [1.29, 1.82) is 0 Å². The van der Waals surface area contributed by atoms with Gasteiger partial charge in [0.2, 0.25) is 0 Å². The Morgan fingerprint density at radius 3 is 2.17 bits per heavy atom. The summed E-state index contributed by atoms with van der Waals surface area (Å²) in [7, 11) is 0. The summed E-state index contributed by atoms with van der Waals surface area (Å²) in [5.41, 5.74) is 4.72. The monoisotopic (exact) mass is 234 g/mol. The van der Waals surface area contributed by atoms with Crippen LogP contribution in [0.1, 0.15) is 31.9 Å². The molecule has 0 bridgehead atoms. The average molecular weight is 234 g/mol. The van der Waals surface area contributed by atoms with E-state index in [-0.39, 0.29) is 5.41 Å². The number of terminal acetylenes is 1. The van der Waals surface area contributed by atoms with Gasteiger partial charge in [0.15, 0.2) is 0 Å². The topological polar surface area (TPSA) is 0 Å². The molecule has 2 aromatic carbocycles. The van der Waals surface area contributed by atoms with Gasteiger partial charge in [-0.1, -0.05) is 63.1 Å². The second kappa shape index (κ2) is 4.70. The van der Waals surface area contributed by atoms with Crippen LogP contribution in [0.25, 0.3) is 11.1 Å². The molecule has 0 fully saturated rings. The van der Waals surface area contributed by atoms with Crippen molar-refractivity contribution in [1.82, 2.24) is 0 Å². The lowest BCUT2D eigenvalue weighted by Crippen LogP contribution is -2.11. The maximum absolute atomic E-state index is 5.60. The average Bonchev–Trinajstić information content (AvgIpc) is 2.38. The SMILES string of the molecule is C#Cc1ccc(C(C)(C)C)cc1-c1ccccc1. The molecule has 0 atom stereocenters. The first-order valence-corrected chi connectivity index (χ1v) is 6.19. The second-order valence-electron chi connectivity index (χ2n) is 5.52. The summed E-state index contributed by atoms with van der Waals surface area (Å²) < 4.78 is 0. The van der Waals surface area contributed by atoms with Crippen molar-refractivity contribution >= 4 is 0 Å². The highest BCUT2D eigenvalue weighted by molar-refractivity contribution is 5.72. The van der Waals surface area contributed by atoms with Crippen LogP contribution in [0, 0.1) is 12.3 Å². The standard InChI is InChI=1S/C18H18/c1-5-14-11-12-16(18(2,3)4)13-17(14)15-9-7-6-8-10-15/h1,6-13H,2-4H3. The molecule has 0 amide bonds. The minimum atomic E-state index is 0.136. The predicted octanol–water partition coefficient (Wildman–Crippen LogP) is 4.63. The first-order valence-electron chi connectivity index (χ1n) is 6.19. The summed E-state index contributed by atoms with van der Waals surface area (Å²) in [6.45, 7) is 6.64. The van der Waals surface area contributed by atoms with E-state index in [1.807, 2.05) is 24.3 Å². The molecule has 0 aliphatic heterocycles. The van der Waals surface area contributed by atoms with Crippen LogP contribution in [0.5, 0.6) is 0 Å². The Morgan fingerprint density at radius 1 is 0.944 bits per heavy atom. The molecule has 0 N–H and O–H groups in total. The van der Waals surface area contributed by atoms with Crippen LogP contribution in [0.2, 0.25) is 0 Å². The Kier molecular flexibility index (Phi) is 3.26. The quantitative estimate of drug-likeness (QED) is 0.631. The Hall–Kier alpha value is -2.00. The van der Waals surface area contributed by atoms with Gasteiger partial charge in [0.1, 0.15) is 0 Å². The third-order valence-corrected chi connectivity index (χ3v) is 3.13. The fourth-order valence-electron chi connectivity index (χ4n) is 1.99. The third-order valence-electron chi connectivity index (χ3n) is 3.13. The number of hydrogen-bond donors (Lipinski definition) is 0. The van der Waals surface area contributed by atoms with Gasteiger partial charge >= 0.3 is 0 Å². The zero-order valence-corrected chi connectivity index (χ0v) is 11.2. The van der Waals surface area contributed by atoms with Gasteiger partial charge < -0.3 is 0 Å². The molecule has 0 aliphatic rings. The maximum Gasteiger partial charge on any atom is 0.0321 e. The largest absolute Gasteiger partial charge is 0.115 e. The molecular formula is C18H18. The van der Waals surface area contributed by atoms with E-state index in [2.05, 4.69) is 51.0 Å². The minimum absolute atomic E-state index is 0.136. The molecule has 0 heterocycles. The molecule has 0 nitrogen and oxygen atoms in total. The molecular weight excluding hydrogens is 216 g/mol. The van der Waals surface area contributed by atoms with Gasteiger partial charge in [0, 0.05) is 5.56 Å². The van der Waals surface area contributed by atoms with Crippen LogP contribution in [0.4, 0.5) is 0 Å². The molecule has 0 unspecified atom stereocenters. The highest BCUT2D eigenvalue weighted by atomic mass is 14.2. The van der Waals surface area contributed by atoms with Gasteiger partial charge in [-0.05, 0) is 34.2 Å². The molecule has 0 radical (unpaired) electrons. The van der Waals surface area contributed by atoms with Crippen molar-refractivity contribution < 1.29 is 0 Å². The van der Waals surface area contributed by atoms with Crippen LogP contribution >= 0.6 is 0 Å². The lowest BCUT2D eigenvalue weighted by molar-refractivity contribution is 0.590. The van der Waals surface area contributed by atoms with Crippen molar-refractivity contribution in [3.63, 3.8) is 0 Å². The van der Waals surface area contributed by atoms with Crippen LogP contribution in [-0.2, 0) is 5.41 Å². The molecule has 2 aromatic rings. The van der Waals surface area contributed by atoms with Crippen molar-refractivity contribution in [3.05, 3.63) is 59.7 Å². The van der Waals surface area contributed by atoms with Crippen molar-refractivity contribution in [2.75, 3.05) is 0 Å². The molecule has 2 rings (SSSR count). The van der Waals surface area contributed by atoms with Gasteiger partial charge in [-0.2, -0.15) is 0 Å². The number of benzene rings is 2. The van der Waals surface area contributed by atoms with Crippen molar-refractivity contribution in [2.24, 2.45) is 0 Å². The number of hydrogen-bond acceptors (Lipinski definition) is 0. The lowest BCUT2D eigenvalue weighted by Gasteiger charge is -2.20. The highest BCUT2D eigenvalue weighted by Crippen LogP contribution is 2.30. The van der Waals surface area contributed by atoms with Gasteiger partial charge in [-0.25, -0.2) is 0 Å². The van der Waals surface area contributed by atoms with Crippen LogP contribution in [0.3, 0.4) is 0 Å². The zero-order valence-electron chi connectivity index (χ0n) is 11.2. The molecule has 0 aromatic heterocycles. The smallest absolute Gasteiger partial charge is 0.0321 e. The molecule has 0 heteroatoms. The van der Waals surface area contributed by atoms with Crippen molar-refractivity contribution in [2.45, 2.75) is 26.2 Å². The van der Waals surface area contributed by atoms with Gasteiger partial charge in [-0.3, -0.25) is 0 Å².